The van der Waals surface area contributed by atoms with E-state index >= 15 is 0 Å². The van der Waals surface area contributed by atoms with Crippen LogP contribution in [0.15, 0.2) is 0 Å². The molecule has 1 saturated carbocycles. The largest absolute Gasteiger partial charge is 0.381 e. The molecule has 0 bridgehead atoms. The summed E-state index contributed by atoms with van der Waals surface area (Å²) in [5.41, 5.74) is 6.22. The smallest absolute Gasteiger partial charge is 0.0510 e. The number of rotatable bonds is 5. The zero-order valence-corrected chi connectivity index (χ0v) is 9.98. The van der Waals surface area contributed by atoms with Crippen LogP contribution in [0, 0.1) is 11.8 Å². The summed E-state index contributed by atoms with van der Waals surface area (Å²) in [4.78, 5) is 2.43. The van der Waals surface area contributed by atoms with Crippen LogP contribution in [0.1, 0.15) is 26.2 Å². The van der Waals surface area contributed by atoms with E-state index in [1.807, 2.05) is 0 Å². The minimum atomic E-state index is 0.290. The maximum absolute atomic E-state index is 6.22. The van der Waals surface area contributed by atoms with Crippen LogP contribution in [0.3, 0.4) is 0 Å². The summed E-state index contributed by atoms with van der Waals surface area (Å²) in [6.07, 6.45) is 3.97. The molecule has 1 saturated heterocycles. The molecule has 1 heterocycles. The molecule has 1 aliphatic carbocycles. The monoisotopic (exact) mass is 212 g/mol. The van der Waals surface area contributed by atoms with Gasteiger partial charge in [0.15, 0.2) is 0 Å². The van der Waals surface area contributed by atoms with Crippen molar-refractivity contribution in [3.05, 3.63) is 0 Å². The summed E-state index contributed by atoms with van der Waals surface area (Å²) >= 11 is 0. The maximum atomic E-state index is 6.22. The van der Waals surface area contributed by atoms with E-state index in [1.165, 1.54) is 12.8 Å². The Bertz CT molecular complexity index is 194. The van der Waals surface area contributed by atoms with Crippen LogP contribution >= 0.6 is 0 Å². The van der Waals surface area contributed by atoms with E-state index in [9.17, 15) is 0 Å². The Labute approximate surface area is 93.0 Å². The first kappa shape index (κ1) is 11.4. The second kappa shape index (κ2) is 4.81. The fraction of sp³-hybridized carbons (Fsp3) is 1.00. The first-order valence-electron chi connectivity index (χ1n) is 6.22. The SMILES string of the molecule is CC(C1CC1)N(C)CC(N)C1CCOC1. The third-order valence-corrected chi connectivity index (χ3v) is 4.07. The van der Waals surface area contributed by atoms with Crippen molar-refractivity contribution in [3.63, 3.8) is 0 Å². The highest BCUT2D eigenvalue weighted by molar-refractivity contribution is 4.87. The van der Waals surface area contributed by atoms with Gasteiger partial charge in [0.1, 0.15) is 0 Å². The Kier molecular flexibility index (Phi) is 3.65. The van der Waals surface area contributed by atoms with Crippen molar-refractivity contribution in [1.29, 1.82) is 0 Å². The molecule has 3 nitrogen and oxygen atoms in total. The molecule has 0 aromatic heterocycles. The standard InChI is InChI=1S/C12H24N2O/c1-9(10-3-4-10)14(2)7-12(13)11-5-6-15-8-11/h9-12H,3-8,13H2,1-2H3. The molecule has 2 fully saturated rings. The van der Waals surface area contributed by atoms with E-state index < -0.39 is 0 Å². The van der Waals surface area contributed by atoms with Gasteiger partial charge in [-0.2, -0.15) is 0 Å². The molecule has 2 aliphatic rings. The van der Waals surface area contributed by atoms with Crippen LogP contribution in [0.5, 0.6) is 0 Å². The van der Waals surface area contributed by atoms with Crippen LogP contribution in [0.4, 0.5) is 0 Å². The Hall–Kier alpha value is -0.120. The van der Waals surface area contributed by atoms with E-state index in [1.54, 1.807) is 0 Å². The molecule has 3 atom stereocenters. The van der Waals surface area contributed by atoms with Crippen LogP contribution < -0.4 is 5.73 Å². The third kappa shape index (κ3) is 2.92. The van der Waals surface area contributed by atoms with Crippen LogP contribution in [-0.2, 0) is 4.74 Å². The molecule has 2 N–H and O–H groups in total. The van der Waals surface area contributed by atoms with E-state index in [-0.39, 0.29) is 0 Å². The van der Waals surface area contributed by atoms with Crippen LogP contribution in [0.2, 0.25) is 0 Å². The van der Waals surface area contributed by atoms with Gasteiger partial charge in [0.05, 0.1) is 6.61 Å². The van der Waals surface area contributed by atoms with Gasteiger partial charge in [-0.3, -0.25) is 0 Å². The third-order valence-electron chi connectivity index (χ3n) is 4.07. The van der Waals surface area contributed by atoms with Gasteiger partial charge in [0.25, 0.3) is 0 Å². The minimum absolute atomic E-state index is 0.290. The van der Waals surface area contributed by atoms with Crippen molar-refractivity contribution in [3.8, 4) is 0 Å². The highest BCUT2D eigenvalue weighted by Gasteiger charge is 2.32. The lowest BCUT2D eigenvalue weighted by Gasteiger charge is -2.29. The zero-order valence-electron chi connectivity index (χ0n) is 9.98. The summed E-state index contributed by atoms with van der Waals surface area (Å²) in [5.74, 6) is 1.51. The number of hydrogen-bond donors (Lipinski definition) is 1. The average Bonchev–Trinajstić information content (AvgIpc) is 2.91. The molecule has 0 spiro atoms. The van der Waals surface area contributed by atoms with Crippen molar-refractivity contribution in [2.24, 2.45) is 17.6 Å². The molecule has 2 rings (SSSR count). The van der Waals surface area contributed by atoms with E-state index in [0.29, 0.717) is 18.0 Å². The van der Waals surface area contributed by atoms with Gasteiger partial charge in [-0.25, -0.2) is 0 Å². The number of nitrogens with two attached hydrogens (primary N) is 1. The maximum Gasteiger partial charge on any atom is 0.0510 e. The molecular weight excluding hydrogens is 188 g/mol. The predicted octanol–water partition coefficient (Wildman–Crippen LogP) is 1.08. The quantitative estimate of drug-likeness (QED) is 0.741. The Balaban J connectivity index is 1.74. The Morgan fingerprint density at radius 2 is 2.07 bits per heavy atom. The van der Waals surface area contributed by atoms with Gasteiger partial charge < -0.3 is 15.4 Å². The summed E-state index contributed by atoms with van der Waals surface area (Å²) in [6.45, 7) is 5.12. The molecule has 0 aromatic rings. The lowest BCUT2D eigenvalue weighted by molar-refractivity contribution is 0.164. The fourth-order valence-electron chi connectivity index (χ4n) is 2.48. The molecule has 88 valence electrons. The predicted molar refractivity (Wildman–Crippen MR) is 61.7 cm³/mol. The highest BCUT2D eigenvalue weighted by atomic mass is 16.5. The summed E-state index contributed by atoms with van der Waals surface area (Å²) in [5, 5.41) is 0. The van der Waals surface area contributed by atoms with Gasteiger partial charge in [0.2, 0.25) is 0 Å². The molecule has 0 radical (unpaired) electrons. The lowest BCUT2D eigenvalue weighted by Crippen LogP contribution is -2.44. The van der Waals surface area contributed by atoms with E-state index in [2.05, 4.69) is 18.9 Å². The van der Waals surface area contributed by atoms with Crippen molar-refractivity contribution < 1.29 is 4.74 Å². The molecule has 3 heteroatoms. The molecular formula is C12H24N2O. The molecule has 15 heavy (non-hydrogen) atoms. The van der Waals surface area contributed by atoms with Gasteiger partial charge >= 0.3 is 0 Å². The van der Waals surface area contributed by atoms with Gasteiger partial charge in [-0.15, -0.1) is 0 Å². The number of ether oxygens (including phenoxy) is 1. The van der Waals surface area contributed by atoms with Crippen LogP contribution in [0.25, 0.3) is 0 Å². The van der Waals surface area contributed by atoms with Crippen molar-refractivity contribution >= 4 is 0 Å². The van der Waals surface area contributed by atoms with Crippen molar-refractivity contribution in [1.82, 2.24) is 4.90 Å². The van der Waals surface area contributed by atoms with Gasteiger partial charge in [0, 0.05) is 31.2 Å². The molecule has 3 unspecified atom stereocenters. The number of nitrogens with zero attached hydrogens (tertiary/aromatic N) is 1. The van der Waals surface area contributed by atoms with Crippen LogP contribution in [-0.4, -0.2) is 43.8 Å². The topological polar surface area (TPSA) is 38.5 Å². The summed E-state index contributed by atoms with van der Waals surface area (Å²) < 4.78 is 5.38. The minimum Gasteiger partial charge on any atom is -0.381 e. The first-order valence-corrected chi connectivity index (χ1v) is 6.22. The molecule has 0 aromatic carbocycles. The number of hydrogen-bond acceptors (Lipinski definition) is 3. The van der Waals surface area contributed by atoms with Gasteiger partial charge in [-0.1, -0.05) is 0 Å². The van der Waals surface area contributed by atoms with Gasteiger partial charge in [-0.05, 0) is 39.2 Å². The second-order valence-corrected chi connectivity index (χ2v) is 5.31. The fourth-order valence-corrected chi connectivity index (χ4v) is 2.48. The Morgan fingerprint density at radius 1 is 1.33 bits per heavy atom. The van der Waals surface area contributed by atoms with E-state index in [0.717, 1.165) is 32.1 Å². The normalized spacial score (nSPS) is 30.8. The Morgan fingerprint density at radius 3 is 2.60 bits per heavy atom. The van der Waals surface area contributed by atoms with E-state index in [4.69, 9.17) is 10.5 Å². The second-order valence-electron chi connectivity index (χ2n) is 5.31. The van der Waals surface area contributed by atoms with Crippen molar-refractivity contribution in [2.75, 3.05) is 26.8 Å². The summed E-state index contributed by atoms with van der Waals surface area (Å²) in [6, 6.07) is 0.997. The average molecular weight is 212 g/mol. The molecule has 0 amide bonds. The zero-order chi connectivity index (χ0) is 10.8. The first-order chi connectivity index (χ1) is 7.18. The lowest BCUT2D eigenvalue weighted by atomic mass is 9.99. The van der Waals surface area contributed by atoms with Crippen molar-refractivity contribution in [2.45, 2.75) is 38.3 Å². The molecule has 1 aliphatic heterocycles. The number of likely N-dealkylation sites (N-methyl/N-ethyl adjacent to an activating group) is 1. The summed E-state index contributed by atoms with van der Waals surface area (Å²) in [7, 11) is 2.21. The highest BCUT2D eigenvalue weighted by Crippen LogP contribution is 2.34.